The van der Waals surface area contributed by atoms with E-state index in [2.05, 4.69) is 10.8 Å². The summed E-state index contributed by atoms with van der Waals surface area (Å²) in [6.07, 6.45) is 7.09. The summed E-state index contributed by atoms with van der Waals surface area (Å²) in [5.41, 5.74) is 1.21. The fraction of sp³-hybridized carbons (Fsp3) is 0.692. The fourth-order valence-corrected chi connectivity index (χ4v) is 1.97. The minimum absolute atomic E-state index is 0.0195. The topological polar surface area (TPSA) is 46.6 Å². The van der Waals surface area contributed by atoms with E-state index in [9.17, 15) is 9.59 Å². The lowest BCUT2D eigenvalue weighted by Gasteiger charge is -2.21. The Morgan fingerprint density at radius 2 is 2.18 bits per heavy atom. The average Bonchev–Trinajstić information content (AvgIpc) is 2.36. The minimum atomic E-state index is -0.363. The van der Waals surface area contributed by atoms with Crippen LogP contribution in [-0.4, -0.2) is 37.0 Å². The molecule has 1 amide bonds. The first-order valence-corrected chi connectivity index (χ1v) is 6.19. The summed E-state index contributed by atoms with van der Waals surface area (Å²) in [4.78, 5) is 24.7. The van der Waals surface area contributed by atoms with Crippen molar-refractivity contribution < 1.29 is 14.3 Å². The molecule has 1 aliphatic carbocycles. The van der Waals surface area contributed by atoms with Crippen LogP contribution in [0.25, 0.3) is 0 Å². The van der Waals surface area contributed by atoms with Gasteiger partial charge < -0.3 is 9.64 Å². The Hall–Kier alpha value is -1.32. The minimum Gasteiger partial charge on any atom is -0.468 e. The number of esters is 1. The predicted octanol–water partition coefficient (Wildman–Crippen LogP) is 1.90. The van der Waals surface area contributed by atoms with Gasteiger partial charge in [0.05, 0.1) is 7.11 Å². The third-order valence-corrected chi connectivity index (χ3v) is 3.05. The third kappa shape index (κ3) is 4.59. The van der Waals surface area contributed by atoms with Gasteiger partial charge in [-0.25, -0.2) is 0 Å². The molecule has 0 saturated carbocycles. The number of hydrogen-bond donors (Lipinski definition) is 0. The molecule has 0 aromatic heterocycles. The van der Waals surface area contributed by atoms with Crippen LogP contribution in [0.3, 0.4) is 0 Å². The molecule has 0 N–H and O–H groups in total. The van der Waals surface area contributed by atoms with Crippen molar-refractivity contribution in [3.63, 3.8) is 0 Å². The lowest BCUT2D eigenvalue weighted by molar-refractivity contribution is -0.146. The van der Waals surface area contributed by atoms with Crippen molar-refractivity contribution in [2.24, 2.45) is 0 Å². The molecule has 0 radical (unpaired) electrons. The van der Waals surface area contributed by atoms with Gasteiger partial charge >= 0.3 is 5.97 Å². The zero-order chi connectivity index (χ0) is 12.7. The van der Waals surface area contributed by atoms with E-state index < -0.39 is 0 Å². The quantitative estimate of drug-likeness (QED) is 0.544. The van der Waals surface area contributed by atoms with Crippen LogP contribution in [0.1, 0.15) is 39.0 Å². The van der Waals surface area contributed by atoms with Gasteiger partial charge in [0.25, 0.3) is 0 Å². The lowest BCUT2D eigenvalue weighted by Crippen LogP contribution is -2.36. The Morgan fingerprint density at radius 1 is 1.41 bits per heavy atom. The number of rotatable bonds is 5. The third-order valence-electron chi connectivity index (χ3n) is 3.05. The van der Waals surface area contributed by atoms with E-state index in [0.717, 1.165) is 12.8 Å². The van der Waals surface area contributed by atoms with Gasteiger partial charge in [-0.15, -0.1) is 0 Å². The molecule has 4 nitrogen and oxygen atoms in total. The molecule has 0 aromatic rings. The van der Waals surface area contributed by atoms with Crippen molar-refractivity contribution >= 4 is 11.9 Å². The molecule has 0 bridgehead atoms. The van der Waals surface area contributed by atoms with Crippen molar-refractivity contribution in [3.05, 3.63) is 11.6 Å². The first-order valence-electron chi connectivity index (χ1n) is 6.19. The van der Waals surface area contributed by atoms with Gasteiger partial charge in [-0.3, -0.25) is 9.59 Å². The number of amides is 1. The van der Waals surface area contributed by atoms with Crippen molar-refractivity contribution in [3.8, 4) is 0 Å². The van der Waals surface area contributed by atoms with E-state index in [0.29, 0.717) is 13.0 Å². The highest BCUT2D eigenvalue weighted by Crippen LogP contribution is 2.20. The fourth-order valence-electron chi connectivity index (χ4n) is 1.97. The monoisotopic (exact) mass is 239 g/mol. The molecule has 0 atom stereocenters. The number of ether oxygens (including phenoxy) is 1. The second-order valence-corrected chi connectivity index (χ2v) is 4.27. The zero-order valence-corrected chi connectivity index (χ0v) is 10.7. The Bertz CT molecular complexity index is 310. The molecule has 0 heterocycles. The molecule has 0 spiro atoms. The van der Waals surface area contributed by atoms with E-state index in [1.54, 1.807) is 4.90 Å². The first kappa shape index (κ1) is 13.7. The number of methoxy groups -OCH3 is 1. The Kier molecular flexibility index (Phi) is 5.73. The van der Waals surface area contributed by atoms with Crippen LogP contribution in [0.15, 0.2) is 11.6 Å². The van der Waals surface area contributed by atoms with Gasteiger partial charge in [0.15, 0.2) is 0 Å². The highest BCUT2D eigenvalue weighted by molar-refractivity contribution is 5.83. The van der Waals surface area contributed by atoms with Crippen LogP contribution in [0, 0.1) is 0 Å². The predicted molar refractivity (Wildman–Crippen MR) is 65.4 cm³/mol. The molecule has 0 aromatic carbocycles. The second kappa shape index (κ2) is 7.09. The van der Waals surface area contributed by atoms with Crippen molar-refractivity contribution in [2.75, 3.05) is 20.2 Å². The van der Waals surface area contributed by atoms with Gasteiger partial charge in [-0.1, -0.05) is 11.6 Å². The smallest absolute Gasteiger partial charge is 0.325 e. The maximum Gasteiger partial charge on any atom is 0.325 e. The van der Waals surface area contributed by atoms with Crippen LogP contribution >= 0.6 is 0 Å². The number of likely N-dealkylation sites (N-methyl/N-ethyl adjacent to an activating group) is 1. The summed E-state index contributed by atoms with van der Waals surface area (Å²) >= 11 is 0. The van der Waals surface area contributed by atoms with Crippen LogP contribution in [0.2, 0.25) is 0 Å². The molecular weight excluding hydrogens is 218 g/mol. The average molecular weight is 239 g/mol. The SMILES string of the molecule is CCN(CC(=O)OC)C(=O)CC1=CCCCC1. The highest BCUT2D eigenvalue weighted by atomic mass is 16.5. The summed E-state index contributed by atoms with van der Waals surface area (Å²) in [7, 11) is 1.34. The van der Waals surface area contributed by atoms with E-state index in [1.165, 1.54) is 25.5 Å². The van der Waals surface area contributed by atoms with Crippen LogP contribution in [0.4, 0.5) is 0 Å². The van der Waals surface area contributed by atoms with Gasteiger partial charge in [-0.05, 0) is 32.6 Å². The standard InChI is InChI=1S/C13H21NO3/c1-3-14(10-13(16)17-2)12(15)9-11-7-5-4-6-8-11/h7H,3-6,8-10H2,1-2H3. The summed E-state index contributed by atoms with van der Waals surface area (Å²) in [6.45, 7) is 2.47. The molecule has 96 valence electrons. The molecular formula is C13H21NO3. The summed E-state index contributed by atoms with van der Waals surface area (Å²) < 4.78 is 4.58. The van der Waals surface area contributed by atoms with E-state index >= 15 is 0 Å². The second-order valence-electron chi connectivity index (χ2n) is 4.27. The molecule has 1 rings (SSSR count). The molecule has 0 fully saturated rings. The first-order chi connectivity index (χ1) is 8.17. The van der Waals surface area contributed by atoms with Gasteiger partial charge in [0, 0.05) is 13.0 Å². The number of carbonyl (C=O) groups is 2. The van der Waals surface area contributed by atoms with E-state index in [4.69, 9.17) is 0 Å². The highest BCUT2D eigenvalue weighted by Gasteiger charge is 2.17. The van der Waals surface area contributed by atoms with Crippen molar-refractivity contribution in [1.82, 2.24) is 4.90 Å². The molecule has 1 aliphatic rings. The number of carbonyl (C=O) groups excluding carboxylic acids is 2. The van der Waals surface area contributed by atoms with Crippen molar-refractivity contribution in [1.29, 1.82) is 0 Å². The maximum atomic E-state index is 12.0. The number of allylic oxidation sites excluding steroid dienone is 1. The van der Waals surface area contributed by atoms with Crippen LogP contribution < -0.4 is 0 Å². The van der Waals surface area contributed by atoms with Crippen molar-refractivity contribution in [2.45, 2.75) is 39.0 Å². The Labute approximate surface area is 103 Å². The normalized spacial score (nSPS) is 15.1. The molecule has 17 heavy (non-hydrogen) atoms. The molecule has 4 heteroatoms. The molecule has 0 unspecified atom stereocenters. The number of nitrogens with zero attached hydrogens (tertiary/aromatic N) is 1. The zero-order valence-electron chi connectivity index (χ0n) is 10.7. The van der Waals surface area contributed by atoms with Gasteiger partial charge in [0.2, 0.25) is 5.91 Å². The van der Waals surface area contributed by atoms with Crippen LogP contribution in [-0.2, 0) is 14.3 Å². The Balaban J connectivity index is 2.48. The van der Waals surface area contributed by atoms with Gasteiger partial charge in [0.1, 0.15) is 6.54 Å². The number of hydrogen-bond acceptors (Lipinski definition) is 3. The van der Waals surface area contributed by atoms with E-state index in [-0.39, 0.29) is 18.4 Å². The lowest BCUT2D eigenvalue weighted by atomic mass is 9.97. The molecule has 0 saturated heterocycles. The maximum absolute atomic E-state index is 12.0. The van der Waals surface area contributed by atoms with E-state index in [1.807, 2.05) is 6.92 Å². The Morgan fingerprint density at radius 3 is 2.71 bits per heavy atom. The van der Waals surface area contributed by atoms with Gasteiger partial charge in [-0.2, -0.15) is 0 Å². The largest absolute Gasteiger partial charge is 0.468 e. The molecule has 0 aliphatic heterocycles. The van der Waals surface area contributed by atoms with Crippen LogP contribution in [0.5, 0.6) is 0 Å². The summed E-state index contributed by atoms with van der Waals surface area (Å²) in [5.74, 6) is -0.344. The summed E-state index contributed by atoms with van der Waals surface area (Å²) in [5, 5.41) is 0. The summed E-state index contributed by atoms with van der Waals surface area (Å²) in [6, 6.07) is 0.